The van der Waals surface area contributed by atoms with E-state index in [0.29, 0.717) is 6.54 Å². The molecule has 0 bridgehead atoms. The molecular formula is C8H17NO2. The third-order valence-electron chi connectivity index (χ3n) is 1.44. The molecule has 0 aromatic carbocycles. The molecule has 0 radical (unpaired) electrons. The van der Waals surface area contributed by atoms with Crippen LogP contribution < -0.4 is 0 Å². The molecule has 0 rings (SSSR count). The van der Waals surface area contributed by atoms with Gasteiger partial charge < -0.3 is 5.11 Å². The van der Waals surface area contributed by atoms with E-state index >= 15 is 0 Å². The Labute approximate surface area is 68.0 Å². The van der Waals surface area contributed by atoms with Crippen LogP contribution in [0.3, 0.4) is 0 Å². The number of aliphatic hydroxyl groups excluding tert-OH is 1. The van der Waals surface area contributed by atoms with Crippen LogP contribution in [0.25, 0.3) is 0 Å². The van der Waals surface area contributed by atoms with Crippen molar-refractivity contribution in [2.75, 3.05) is 26.7 Å². The molecule has 0 saturated carbocycles. The van der Waals surface area contributed by atoms with Gasteiger partial charge in [0.25, 0.3) is 0 Å². The number of likely N-dealkylation sites (N-methyl/N-ethyl adjacent to an activating group) is 1. The first-order valence-corrected chi connectivity index (χ1v) is 3.95. The van der Waals surface area contributed by atoms with E-state index in [2.05, 4.69) is 0 Å². The van der Waals surface area contributed by atoms with Crippen LogP contribution in [0.5, 0.6) is 0 Å². The number of carbonyl (C=O) groups excluding carboxylic acids is 1. The largest absolute Gasteiger partial charge is 0.396 e. The number of hydrogen-bond acceptors (Lipinski definition) is 3. The number of nitrogens with zero attached hydrogens (tertiary/aromatic N) is 1. The topological polar surface area (TPSA) is 40.5 Å². The summed E-state index contributed by atoms with van der Waals surface area (Å²) in [5.41, 5.74) is 0. The SMILES string of the molecule is CC(=O)CN(C)CCCCO. The maximum Gasteiger partial charge on any atom is 0.143 e. The van der Waals surface area contributed by atoms with Crippen molar-refractivity contribution in [3.05, 3.63) is 0 Å². The van der Waals surface area contributed by atoms with E-state index in [9.17, 15) is 4.79 Å². The first-order valence-electron chi connectivity index (χ1n) is 3.95. The molecule has 0 heterocycles. The molecule has 0 unspecified atom stereocenters. The number of ketones is 1. The lowest BCUT2D eigenvalue weighted by molar-refractivity contribution is -0.117. The van der Waals surface area contributed by atoms with E-state index < -0.39 is 0 Å². The van der Waals surface area contributed by atoms with Gasteiger partial charge in [-0.25, -0.2) is 0 Å². The Morgan fingerprint density at radius 3 is 2.55 bits per heavy atom. The second-order valence-electron chi connectivity index (χ2n) is 2.87. The van der Waals surface area contributed by atoms with Crippen molar-refractivity contribution in [3.8, 4) is 0 Å². The summed E-state index contributed by atoms with van der Waals surface area (Å²) in [5.74, 6) is 0.191. The highest BCUT2D eigenvalue weighted by Gasteiger charge is 1.99. The molecule has 66 valence electrons. The molecule has 1 N–H and O–H groups in total. The normalized spacial score (nSPS) is 10.5. The molecule has 0 aliphatic rings. The van der Waals surface area contributed by atoms with E-state index in [1.807, 2.05) is 11.9 Å². The smallest absolute Gasteiger partial charge is 0.143 e. The van der Waals surface area contributed by atoms with Gasteiger partial charge >= 0.3 is 0 Å². The van der Waals surface area contributed by atoms with Crippen LogP contribution >= 0.6 is 0 Å². The summed E-state index contributed by atoms with van der Waals surface area (Å²) >= 11 is 0. The summed E-state index contributed by atoms with van der Waals surface area (Å²) in [4.78, 5) is 12.6. The second kappa shape index (κ2) is 6.31. The van der Waals surface area contributed by atoms with Crippen LogP contribution in [0.1, 0.15) is 19.8 Å². The fourth-order valence-electron chi connectivity index (χ4n) is 0.953. The summed E-state index contributed by atoms with van der Waals surface area (Å²) in [6, 6.07) is 0. The van der Waals surface area contributed by atoms with Crippen LogP contribution in [0.15, 0.2) is 0 Å². The zero-order valence-electron chi connectivity index (χ0n) is 7.34. The van der Waals surface area contributed by atoms with Gasteiger partial charge in [-0.1, -0.05) is 0 Å². The molecule has 0 fully saturated rings. The summed E-state index contributed by atoms with van der Waals surface area (Å²) in [6.45, 7) is 3.24. The third-order valence-corrected chi connectivity index (χ3v) is 1.44. The molecule has 0 spiro atoms. The van der Waals surface area contributed by atoms with Crippen molar-refractivity contribution in [2.24, 2.45) is 0 Å². The minimum atomic E-state index is 0.191. The van der Waals surface area contributed by atoms with Gasteiger partial charge in [0.1, 0.15) is 5.78 Å². The van der Waals surface area contributed by atoms with E-state index in [0.717, 1.165) is 19.4 Å². The van der Waals surface area contributed by atoms with E-state index in [4.69, 9.17) is 5.11 Å². The summed E-state index contributed by atoms with van der Waals surface area (Å²) in [7, 11) is 1.92. The van der Waals surface area contributed by atoms with Crippen LogP contribution in [0, 0.1) is 0 Å². The van der Waals surface area contributed by atoms with Gasteiger partial charge in [0.2, 0.25) is 0 Å². The zero-order valence-corrected chi connectivity index (χ0v) is 7.34. The van der Waals surface area contributed by atoms with Crippen molar-refractivity contribution in [1.82, 2.24) is 4.90 Å². The number of carbonyl (C=O) groups is 1. The van der Waals surface area contributed by atoms with E-state index in [1.165, 1.54) is 0 Å². The average Bonchev–Trinajstić information content (AvgIpc) is 1.86. The van der Waals surface area contributed by atoms with Gasteiger partial charge in [0.05, 0.1) is 6.54 Å². The first-order chi connectivity index (χ1) is 5.16. The minimum Gasteiger partial charge on any atom is -0.396 e. The van der Waals surface area contributed by atoms with Gasteiger partial charge in [0.15, 0.2) is 0 Å². The summed E-state index contributed by atoms with van der Waals surface area (Å²) in [5, 5.41) is 8.48. The van der Waals surface area contributed by atoms with Crippen molar-refractivity contribution in [3.63, 3.8) is 0 Å². The number of rotatable bonds is 6. The lowest BCUT2D eigenvalue weighted by Gasteiger charge is -2.13. The van der Waals surface area contributed by atoms with E-state index in [1.54, 1.807) is 6.92 Å². The van der Waals surface area contributed by atoms with Crippen molar-refractivity contribution < 1.29 is 9.90 Å². The fraction of sp³-hybridized carbons (Fsp3) is 0.875. The van der Waals surface area contributed by atoms with Gasteiger partial charge in [-0.3, -0.25) is 9.69 Å². The highest BCUT2D eigenvalue weighted by atomic mass is 16.2. The molecule has 3 heteroatoms. The van der Waals surface area contributed by atoms with Crippen LogP contribution in [0.2, 0.25) is 0 Å². The second-order valence-corrected chi connectivity index (χ2v) is 2.87. The van der Waals surface area contributed by atoms with Gasteiger partial charge in [-0.15, -0.1) is 0 Å². The summed E-state index contributed by atoms with van der Waals surface area (Å²) in [6.07, 6.45) is 1.78. The Kier molecular flexibility index (Phi) is 6.07. The Hall–Kier alpha value is -0.410. The Balaban J connectivity index is 3.22. The first kappa shape index (κ1) is 10.6. The molecular weight excluding hydrogens is 142 g/mol. The van der Waals surface area contributed by atoms with Gasteiger partial charge in [-0.05, 0) is 33.4 Å². The summed E-state index contributed by atoms with van der Waals surface area (Å²) < 4.78 is 0. The van der Waals surface area contributed by atoms with Crippen molar-refractivity contribution in [1.29, 1.82) is 0 Å². The predicted molar refractivity (Wildman–Crippen MR) is 44.5 cm³/mol. The molecule has 0 amide bonds. The molecule has 0 aliphatic carbocycles. The number of hydrogen-bond donors (Lipinski definition) is 1. The lowest BCUT2D eigenvalue weighted by atomic mass is 10.3. The Bertz CT molecular complexity index is 115. The molecule has 11 heavy (non-hydrogen) atoms. The molecule has 0 aliphatic heterocycles. The zero-order chi connectivity index (χ0) is 8.69. The maximum absolute atomic E-state index is 10.6. The fourth-order valence-corrected chi connectivity index (χ4v) is 0.953. The van der Waals surface area contributed by atoms with Gasteiger partial charge in [0, 0.05) is 6.61 Å². The predicted octanol–water partition coefficient (Wildman–Crippen LogP) is 0.280. The molecule has 0 atom stereocenters. The van der Waals surface area contributed by atoms with E-state index in [-0.39, 0.29) is 12.4 Å². The monoisotopic (exact) mass is 159 g/mol. The Morgan fingerprint density at radius 2 is 2.09 bits per heavy atom. The van der Waals surface area contributed by atoms with Crippen LogP contribution in [0.4, 0.5) is 0 Å². The van der Waals surface area contributed by atoms with Crippen molar-refractivity contribution >= 4 is 5.78 Å². The van der Waals surface area contributed by atoms with Crippen molar-refractivity contribution in [2.45, 2.75) is 19.8 Å². The standard InChI is InChI=1S/C8H17NO2/c1-8(11)7-9(2)5-3-4-6-10/h10H,3-7H2,1-2H3. The minimum absolute atomic E-state index is 0.191. The third kappa shape index (κ3) is 7.49. The lowest BCUT2D eigenvalue weighted by Crippen LogP contribution is -2.25. The number of unbranched alkanes of at least 4 members (excludes halogenated alkanes) is 1. The number of aliphatic hydroxyl groups is 1. The average molecular weight is 159 g/mol. The number of Topliss-reactive ketones (excluding diaryl/α,β-unsaturated/α-hetero) is 1. The molecule has 3 nitrogen and oxygen atoms in total. The van der Waals surface area contributed by atoms with Crippen LogP contribution in [-0.4, -0.2) is 42.5 Å². The van der Waals surface area contributed by atoms with Gasteiger partial charge in [-0.2, -0.15) is 0 Å². The molecule has 0 aromatic rings. The molecule has 0 saturated heterocycles. The quantitative estimate of drug-likeness (QED) is 0.566. The maximum atomic E-state index is 10.6. The highest BCUT2D eigenvalue weighted by molar-refractivity contribution is 5.77. The highest BCUT2D eigenvalue weighted by Crippen LogP contribution is 1.91. The van der Waals surface area contributed by atoms with Crippen LogP contribution in [-0.2, 0) is 4.79 Å². The molecule has 0 aromatic heterocycles. The Morgan fingerprint density at radius 1 is 1.45 bits per heavy atom.